The summed E-state index contributed by atoms with van der Waals surface area (Å²) in [4.78, 5) is 31.4. The summed E-state index contributed by atoms with van der Waals surface area (Å²) in [7, 11) is 5.05. The molecule has 0 spiro atoms. The number of hydrogen-bond donors (Lipinski definition) is 2. The molecule has 4 atom stereocenters. The van der Waals surface area contributed by atoms with Gasteiger partial charge in [-0.15, -0.1) is 0 Å². The number of nitrogens with one attached hydrogen (secondary N) is 1. The smallest absolute Gasteiger partial charge is 0.239 e. The van der Waals surface area contributed by atoms with Gasteiger partial charge in [-0.3, -0.25) is 9.59 Å². The highest BCUT2D eigenvalue weighted by Crippen LogP contribution is 2.40. The first-order valence-electron chi connectivity index (χ1n) is 18.5. The Morgan fingerprint density at radius 3 is 2.43 bits per heavy atom. The zero-order valence-corrected chi connectivity index (χ0v) is 32.0. The largest absolute Gasteiger partial charge is 0.490 e. The maximum Gasteiger partial charge on any atom is 0.239 e. The zero-order valence-electron chi connectivity index (χ0n) is 32.0. The molecule has 11 nitrogen and oxygen atoms in total. The van der Waals surface area contributed by atoms with Crippen LogP contribution < -0.4 is 20.7 Å². The van der Waals surface area contributed by atoms with E-state index in [1.807, 2.05) is 24.8 Å². The van der Waals surface area contributed by atoms with Crippen LogP contribution in [0.1, 0.15) is 76.0 Å². The Bertz CT molecular complexity index is 1390. The monoisotopic (exact) mass is 710 g/mol. The maximum atomic E-state index is 14.1. The molecule has 284 valence electrons. The minimum atomic E-state index is -0.692. The number of anilines is 1. The molecule has 0 aromatic heterocycles. The lowest BCUT2D eigenvalue weighted by Gasteiger charge is -2.47. The van der Waals surface area contributed by atoms with Gasteiger partial charge in [0.05, 0.1) is 50.8 Å². The number of carbonyl (C=O) groups is 2. The van der Waals surface area contributed by atoms with E-state index in [0.29, 0.717) is 65.4 Å². The average Bonchev–Trinajstić information content (AvgIpc) is 3.12. The van der Waals surface area contributed by atoms with Crippen LogP contribution in [0.3, 0.4) is 0 Å². The molecule has 3 N–H and O–H groups in total. The van der Waals surface area contributed by atoms with Gasteiger partial charge in [0.1, 0.15) is 12.4 Å². The van der Waals surface area contributed by atoms with Crippen LogP contribution in [0.25, 0.3) is 0 Å². The number of benzene rings is 2. The molecule has 2 amide bonds. The van der Waals surface area contributed by atoms with Crippen LogP contribution in [-0.2, 0) is 41.8 Å². The summed E-state index contributed by atoms with van der Waals surface area (Å²) in [6.07, 6.45) is 2.36. The van der Waals surface area contributed by atoms with Crippen molar-refractivity contribution < 1.29 is 33.3 Å². The predicted octanol–water partition coefficient (Wildman–Crippen LogP) is 4.89. The number of amides is 2. The summed E-state index contributed by atoms with van der Waals surface area (Å²) in [5, 5.41) is 2.82. The Morgan fingerprint density at radius 2 is 1.75 bits per heavy atom. The van der Waals surface area contributed by atoms with E-state index in [4.69, 9.17) is 29.4 Å². The Balaban J connectivity index is 1.63. The summed E-state index contributed by atoms with van der Waals surface area (Å²) in [6, 6.07) is 13.9. The van der Waals surface area contributed by atoms with Crippen molar-refractivity contribution in [1.29, 1.82) is 0 Å². The fourth-order valence-corrected chi connectivity index (χ4v) is 7.30. The highest BCUT2D eigenvalue weighted by molar-refractivity contribution is 5.83. The van der Waals surface area contributed by atoms with Gasteiger partial charge < -0.3 is 44.5 Å². The first-order chi connectivity index (χ1) is 24.5. The molecule has 2 aliphatic rings. The highest BCUT2D eigenvalue weighted by Gasteiger charge is 2.43. The molecular weight excluding hydrogens is 648 g/mol. The summed E-state index contributed by atoms with van der Waals surface area (Å²) in [5.74, 6) is 0.988. The van der Waals surface area contributed by atoms with Crippen LogP contribution in [0, 0.1) is 11.3 Å². The molecule has 0 radical (unpaired) electrons. The zero-order chi connectivity index (χ0) is 37.0. The number of rotatable bonds is 19. The second-order valence-electron chi connectivity index (χ2n) is 15.0. The molecule has 2 heterocycles. The normalized spacial score (nSPS) is 19.8. The quantitative estimate of drug-likeness (QED) is 0.196. The van der Waals surface area contributed by atoms with Crippen LogP contribution in [0.5, 0.6) is 5.75 Å². The van der Waals surface area contributed by atoms with Crippen molar-refractivity contribution in [1.82, 2.24) is 10.2 Å². The van der Waals surface area contributed by atoms with Crippen LogP contribution in [0.4, 0.5) is 5.69 Å². The lowest BCUT2D eigenvalue weighted by molar-refractivity contribution is -0.145. The second-order valence-corrected chi connectivity index (χ2v) is 15.0. The molecule has 0 aliphatic carbocycles. The molecule has 2 aromatic carbocycles. The van der Waals surface area contributed by atoms with Gasteiger partial charge in [0.2, 0.25) is 11.8 Å². The third-order valence-electron chi connectivity index (χ3n) is 10.0. The summed E-state index contributed by atoms with van der Waals surface area (Å²) < 4.78 is 29.0. The third-order valence-corrected chi connectivity index (χ3v) is 10.0. The van der Waals surface area contributed by atoms with Crippen molar-refractivity contribution in [2.45, 2.75) is 90.7 Å². The number of nitrogens with two attached hydrogens (primary N) is 1. The highest BCUT2D eigenvalue weighted by atomic mass is 16.5. The van der Waals surface area contributed by atoms with Crippen LogP contribution in [0.15, 0.2) is 42.5 Å². The van der Waals surface area contributed by atoms with Gasteiger partial charge in [-0.25, -0.2) is 0 Å². The number of piperidine rings is 1. The number of nitrogens with zero attached hydrogens (tertiary/aromatic N) is 2. The summed E-state index contributed by atoms with van der Waals surface area (Å²) in [5.41, 5.74) is 10.2. The van der Waals surface area contributed by atoms with E-state index in [1.165, 1.54) is 0 Å². The van der Waals surface area contributed by atoms with Crippen molar-refractivity contribution in [2.75, 3.05) is 72.2 Å². The fraction of sp³-hybridized carbons (Fsp3) is 0.650. The Labute approximate surface area is 305 Å². The van der Waals surface area contributed by atoms with Crippen LogP contribution >= 0.6 is 0 Å². The van der Waals surface area contributed by atoms with Crippen LogP contribution in [0.2, 0.25) is 0 Å². The number of hydrogen-bond acceptors (Lipinski definition) is 9. The molecule has 51 heavy (non-hydrogen) atoms. The Kier molecular flexibility index (Phi) is 15.6. The van der Waals surface area contributed by atoms with E-state index in [1.54, 1.807) is 21.3 Å². The fourth-order valence-electron chi connectivity index (χ4n) is 7.30. The van der Waals surface area contributed by atoms with Crippen molar-refractivity contribution in [3.8, 4) is 5.75 Å². The van der Waals surface area contributed by atoms with E-state index in [0.717, 1.165) is 47.6 Å². The minimum Gasteiger partial charge on any atom is -0.490 e. The van der Waals surface area contributed by atoms with Gasteiger partial charge in [0.15, 0.2) is 0 Å². The lowest BCUT2D eigenvalue weighted by atomic mass is 9.76. The first-order valence-corrected chi connectivity index (χ1v) is 18.5. The second kappa shape index (κ2) is 19.6. The van der Waals surface area contributed by atoms with Gasteiger partial charge in [0, 0.05) is 58.3 Å². The predicted molar refractivity (Wildman–Crippen MR) is 200 cm³/mol. The maximum absolute atomic E-state index is 14.1. The molecule has 4 rings (SSSR count). The molecule has 1 fully saturated rings. The van der Waals surface area contributed by atoms with Gasteiger partial charge in [-0.05, 0) is 60.4 Å². The van der Waals surface area contributed by atoms with Gasteiger partial charge >= 0.3 is 0 Å². The van der Waals surface area contributed by atoms with Crippen molar-refractivity contribution in [3.63, 3.8) is 0 Å². The van der Waals surface area contributed by atoms with Gasteiger partial charge in [-0.2, -0.15) is 0 Å². The van der Waals surface area contributed by atoms with Crippen molar-refractivity contribution in [2.24, 2.45) is 17.1 Å². The van der Waals surface area contributed by atoms with Crippen molar-refractivity contribution in [3.05, 3.63) is 59.2 Å². The molecular formula is C40H62N4O7. The van der Waals surface area contributed by atoms with E-state index in [2.05, 4.69) is 60.5 Å². The van der Waals surface area contributed by atoms with E-state index >= 15 is 0 Å². The number of methoxy groups -OCH3 is 2. The number of fused-ring (bicyclic) bond motifs is 1. The van der Waals surface area contributed by atoms with E-state index in [9.17, 15) is 9.59 Å². The molecule has 1 saturated heterocycles. The molecule has 2 aromatic rings. The molecule has 2 aliphatic heterocycles. The third kappa shape index (κ3) is 11.4. The molecule has 0 saturated carbocycles. The number of likely N-dealkylation sites (tertiary alicyclic amines) is 1. The first kappa shape index (κ1) is 40.5. The molecule has 0 bridgehead atoms. The molecule has 0 unspecified atom stereocenters. The average molecular weight is 711 g/mol. The van der Waals surface area contributed by atoms with Gasteiger partial charge in [0.25, 0.3) is 0 Å². The molecule has 11 heteroatoms. The summed E-state index contributed by atoms with van der Waals surface area (Å²) >= 11 is 0. The topological polar surface area (TPSA) is 125 Å². The van der Waals surface area contributed by atoms with Gasteiger partial charge in [-0.1, -0.05) is 58.0 Å². The Morgan fingerprint density at radius 1 is 1.02 bits per heavy atom. The van der Waals surface area contributed by atoms with E-state index < -0.39 is 11.5 Å². The standard InChI is InChI=1S/C40H62N4O7/c1-28(2)21-34(41)38(45)44-25-37(51-27-30-11-14-36-35(22-30)43(16-18-50-36)15-8-17-47-6)33(23-32(44)24-40(3,4)39(46)42-5)31-12-9-29(10-13-31)26-49-20-19-48-7/h9-14,22,28,32-34,37H,8,15-21,23-27,41H2,1-7H3,(H,42,46)/t32-,33+,34-,37-/m0/s1. The Hall–Kier alpha value is -3.22. The minimum absolute atomic E-state index is 0.0178. The SMILES string of the molecule is CNC(=O)C(C)(C)C[C@@H]1C[C@H](c2ccc(COCCOC)cc2)[C@@H](OCc2ccc3c(c2)N(CCCOC)CCO3)CN1C(=O)[C@@H](N)CC(C)C. The summed E-state index contributed by atoms with van der Waals surface area (Å²) in [6.45, 7) is 13.4. The van der Waals surface area contributed by atoms with Crippen LogP contribution in [-0.4, -0.2) is 102 Å². The van der Waals surface area contributed by atoms with E-state index in [-0.39, 0.29) is 35.8 Å². The van der Waals surface area contributed by atoms with Crippen molar-refractivity contribution >= 4 is 17.5 Å². The number of carbonyl (C=O) groups excluding carboxylic acids is 2. The lowest BCUT2D eigenvalue weighted by Crippen LogP contribution is -2.58. The number of ether oxygens (including phenoxy) is 5.